The van der Waals surface area contributed by atoms with Crippen molar-refractivity contribution in [1.82, 2.24) is 4.68 Å². The van der Waals surface area contributed by atoms with Gasteiger partial charge in [0.15, 0.2) is 0 Å². The minimum atomic E-state index is 0.616. The third-order valence-electron chi connectivity index (χ3n) is 3.34. The van der Waals surface area contributed by atoms with Crippen LogP contribution >= 0.6 is 22.7 Å². The van der Waals surface area contributed by atoms with E-state index in [4.69, 9.17) is 0 Å². The van der Waals surface area contributed by atoms with Crippen molar-refractivity contribution in [2.75, 3.05) is 6.54 Å². The number of benzene rings is 1. The molecule has 2 heterocycles. The summed E-state index contributed by atoms with van der Waals surface area (Å²) in [7, 11) is 0. The normalized spacial score (nSPS) is 12.2. The summed E-state index contributed by atoms with van der Waals surface area (Å²) in [5, 5.41) is 8.87. The van der Waals surface area contributed by atoms with Gasteiger partial charge in [0.25, 0.3) is 0 Å². The van der Waals surface area contributed by atoms with Crippen LogP contribution in [0.2, 0.25) is 0 Å². The number of aromatic nitrogens is 1. The number of thiazole rings is 1. The Morgan fingerprint density at radius 2 is 2.00 bits per heavy atom. The molecule has 3 aromatic rings. The molecule has 0 saturated heterocycles. The van der Waals surface area contributed by atoms with Gasteiger partial charge in [-0.25, -0.2) is 4.68 Å². The SMILES string of the molecule is C=C(C)CN=c1scc(-c2cccs2)n1N=Cc1ccc(C)cc1. The van der Waals surface area contributed by atoms with E-state index < -0.39 is 0 Å². The number of hydrogen-bond donors (Lipinski definition) is 0. The summed E-state index contributed by atoms with van der Waals surface area (Å²) >= 11 is 3.31. The van der Waals surface area contributed by atoms with E-state index in [1.807, 2.05) is 17.8 Å². The lowest BCUT2D eigenvalue weighted by Crippen LogP contribution is -2.12. The van der Waals surface area contributed by atoms with E-state index in [-0.39, 0.29) is 0 Å². The summed E-state index contributed by atoms with van der Waals surface area (Å²) in [5.74, 6) is 0. The lowest BCUT2D eigenvalue weighted by atomic mass is 10.2. The smallest absolute Gasteiger partial charge is 0.206 e. The van der Waals surface area contributed by atoms with Crippen molar-refractivity contribution < 1.29 is 0 Å². The van der Waals surface area contributed by atoms with Crippen LogP contribution in [-0.4, -0.2) is 17.4 Å². The molecule has 24 heavy (non-hydrogen) atoms. The van der Waals surface area contributed by atoms with Gasteiger partial charge >= 0.3 is 0 Å². The first-order valence-corrected chi connectivity index (χ1v) is 9.40. The van der Waals surface area contributed by atoms with Crippen LogP contribution in [0, 0.1) is 6.92 Å². The van der Waals surface area contributed by atoms with E-state index in [1.165, 1.54) is 10.4 Å². The van der Waals surface area contributed by atoms with Crippen molar-refractivity contribution in [2.45, 2.75) is 13.8 Å². The van der Waals surface area contributed by atoms with Crippen LogP contribution in [0.1, 0.15) is 18.1 Å². The van der Waals surface area contributed by atoms with E-state index in [2.05, 4.69) is 70.8 Å². The van der Waals surface area contributed by atoms with Crippen molar-refractivity contribution >= 4 is 28.9 Å². The molecule has 0 bridgehead atoms. The van der Waals surface area contributed by atoms with Crippen molar-refractivity contribution in [2.24, 2.45) is 10.1 Å². The van der Waals surface area contributed by atoms with Crippen molar-refractivity contribution in [3.8, 4) is 10.6 Å². The van der Waals surface area contributed by atoms with Crippen molar-refractivity contribution in [3.63, 3.8) is 0 Å². The van der Waals surface area contributed by atoms with Gasteiger partial charge in [-0.3, -0.25) is 4.99 Å². The van der Waals surface area contributed by atoms with E-state index in [9.17, 15) is 0 Å². The average molecular weight is 354 g/mol. The molecule has 0 amide bonds. The fourth-order valence-corrected chi connectivity index (χ4v) is 3.72. The van der Waals surface area contributed by atoms with E-state index in [0.29, 0.717) is 6.54 Å². The second-order valence-electron chi connectivity index (χ2n) is 5.62. The van der Waals surface area contributed by atoms with Crippen LogP contribution in [0.25, 0.3) is 10.6 Å². The first-order chi connectivity index (χ1) is 11.6. The molecule has 0 spiro atoms. The molecule has 3 nitrogen and oxygen atoms in total. The molecule has 122 valence electrons. The van der Waals surface area contributed by atoms with E-state index in [1.54, 1.807) is 22.7 Å². The highest BCUT2D eigenvalue weighted by Gasteiger charge is 2.08. The molecule has 5 heteroatoms. The number of thiophene rings is 1. The van der Waals surface area contributed by atoms with Crippen LogP contribution in [-0.2, 0) is 0 Å². The van der Waals surface area contributed by atoms with Crippen LogP contribution in [0.5, 0.6) is 0 Å². The molecule has 0 N–H and O–H groups in total. The average Bonchev–Trinajstić information content (AvgIpc) is 3.21. The van der Waals surface area contributed by atoms with Gasteiger partial charge in [-0.15, -0.1) is 22.7 Å². The molecule has 0 fully saturated rings. The fourth-order valence-electron chi connectivity index (χ4n) is 2.09. The Bertz CT molecular complexity index is 910. The largest absolute Gasteiger partial charge is 0.253 e. The molecule has 0 aliphatic rings. The van der Waals surface area contributed by atoms with Gasteiger partial charge in [0.1, 0.15) is 0 Å². The highest BCUT2D eigenvalue weighted by Crippen LogP contribution is 2.25. The molecule has 2 aromatic heterocycles. The quantitative estimate of drug-likeness (QED) is 0.459. The first kappa shape index (κ1) is 16.6. The molecule has 0 radical (unpaired) electrons. The molecule has 0 aliphatic carbocycles. The molecule has 3 rings (SSSR count). The molecule has 1 aromatic carbocycles. The Morgan fingerprint density at radius 1 is 1.21 bits per heavy atom. The Kier molecular flexibility index (Phi) is 5.23. The molecular weight excluding hydrogens is 334 g/mol. The van der Waals surface area contributed by atoms with Gasteiger partial charge in [0, 0.05) is 5.38 Å². The Hall–Kier alpha value is -2.24. The first-order valence-electron chi connectivity index (χ1n) is 7.64. The van der Waals surface area contributed by atoms with E-state index in [0.717, 1.165) is 21.6 Å². The summed E-state index contributed by atoms with van der Waals surface area (Å²) < 4.78 is 1.92. The van der Waals surface area contributed by atoms with Gasteiger partial charge < -0.3 is 0 Å². The second kappa shape index (κ2) is 7.55. The second-order valence-corrected chi connectivity index (χ2v) is 7.41. The van der Waals surface area contributed by atoms with Crippen LogP contribution in [0.4, 0.5) is 0 Å². The standard InChI is InChI=1S/C19H19N3S2/c1-14(2)11-20-19-22(17(13-24-19)18-5-4-10-23-18)21-12-16-8-6-15(3)7-9-16/h4-10,12-13H,1,11H2,2-3H3. The third-order valence-corrected chi connectivity index (χ3v) is 5.09. The zero-order valence-electron chi connectivity index (χ0n) is 13.8. The van der Waals surface area contributed by atoms with E-state index >= 15 is 0 Å². The van der Waals surface area contributed by atoms with Gasteiger partial charge in [-0.1, -0.05) is 48.0 Å². The minimum absolute atomic E-state index is 0.616. The summed E-state index contributed by atoms with van der Waals surface area (Å²) in [6, 6.07) is 12.5. The zero-order valence-corrected chi connectivity index (χ0v) is 15.4. The fraction of sp³-hybridized carbons (Fsp3) is 0.158. The summed E-state index contributed by atoms with van der Waals surface area (Å²) in [6.45, 7) is 8.60. The van der Waals surface area contributed by atoms with Crippen LogP contribution < -0.4 is 4.80 Å². The van der Waals surface area contributed by atoms with Gasteiger partial charge in [0.2, 0.25) is 4.80 Å². The molecular formula is C19H19N3S2. The number of rotatable bonds is 5. The Labute approximate surface area is 150 Å². The summed E-state index contributed by atoms with van der Waals surface area (Å²) in [5.41, 5.74) is 4.42. The molecule has 0 unspecified atom stereocenters. The Morgan fingerprint density at radius 3 is 2.67 bits per heavy atom. The lowest BCUT2D eigenvalue weighted by molar-refractivity contribution is 0.837. The molecule has 0 aliphatic heterocycles. The van der Waals surface area contributed by atoms with Gasteiger partial charge in [-0.05, 0) is 30.9 Å². The number of nitrogens with zero attached hydrogens (tertiary/aromatic N) is 3. The highest BCUT2D eigenvalue weighted by atomic mass is 32.1. The number of hydrogen-bond acceptors (Lipinski definition) is 4. The lowest BCUT2D eigenvalue weighted by Gasteiger charge is -2.01. The predicted molar refractivity (Wildman–Crippen MR) is 105 cm³/mol. The maximum atomic E-state index is 4.69. The van der Waals surface area contributed by atoms with Crippen LogP contribution in [0.15, 0.2) is 69.4 Å². The van der Waals surface area contributed by atoms with Crippen molar-refractivity contribution in [3.05, 3.63) is 75.2 Å². The summed E-state index contributed by atoms with van der Waals surface area (Å²) in [4.78, 5) is 6.70. The molecule has 0 saturated carbocycles. The number of aryl methyl sites for hydroxylation is 1. The third kappa shape index (κ3) is 3.99. The summed E-state index contributed by atoms with van der Waals surface area (Å²) in [6.07, 6.45) is 1.88. The predicted octanol–water partition coefficient (Wildman–Crippen LogP) is 4.95. The topological polar surface area (TPSA) is 29.6 Å². The van der Waals surface area contributed by atoms with Gasteiger partial charge in [0.05, 0.1) is 23.3 Å². The maximum absolute atomic E-state index is 4.69. The minimum Gasteiger partial charge on any atom is -0.253 e. The van der Waals surface area contributed by atoms with Gasteiger partial charge in [-0.2, -0.15) is 5.10 Å². The van der Waals surface area contributed by atoms with Crippen molar-refractivity contribution in [1.29, 1.82) is 0 Å². The monoisotopic (exact) mass is 353 g/mol. The highest BCUT2D eigenvalue weighted by molar-refractivity contribution is 7.14. The molecule has 0 atom stereocenters. The maximum Gasteiger partial charge on any atom is 0.206 e. The van der Waals surface area contributed by atoms with Crippen LogP contribution in [0.3, 0.4) is 0 Å². The Balaban J connectivity index is 2.02. The zero-order chi connectivity index (χ0) is 16.9.